The smallest absolute Gasteiger partial charge is 0.244 e. The Morgan fingerprint density at radius 1 is 1.10 bits per heavy atom. The molecule has 0 radical (unpaired) electrons. The normalized spacial score (nSPS) is 14.1. The molecule has 1 heterocycles. The molecule has 1 amide bonds. The highest BCUT2D eigenvalue weighted by atomic mass is 32.2. The van der Waals surface area contributed by atoms with Crippen LogP contribution >= 0.6 is 11.3 Å². The Labute approximate surface area is 179 Å². The summed E-state index contributed by atoms with van der Waals surface area (Å²) in [5, 5.41) is 5.66. The standard InChI is InChI=1S/C22H21N3O3S2/c26-21(23-14-19-15-29-22(24-19)17-4-2-1-3-5-17)13-8-16-6-11-20(12-7-16)30(27,28)25-18-9-10-18/h1-8,11-13,15,18,25H,9-10,14H2,(H,23,26)/b13-8+. The first-order valence-electron chi connectivity index (χ1n) is 9.58. The minimum absolute atomic E-state index is 0.0692. The Morgan fingerprint density at radius 2 is 1.83 bits per heavy atom. The van der Waals surface area contributed by atoms with E-state index >= 15 is 0 Å². The van der Waals surface area contributed by atoms with Crippen LogP contribution in [-0.4, -0.2) is 25.4 Å². The molecule has 4 rings (SSSR count). The van der Waals surface area contributed by atoms with E-state index in [-0.39, 0.29) is 16.8 Å². The van der Waals surface area contributed by atoms with Gasteiger partial charge in [0.1, 0.15) is 5.01 Å². The monoisotopic (exact) mass is 439 g/mol. The molecule has 0 atom stereocenters. The van der Waals surface area contributed by atoms with Gasteiger partial charge in [-0.3, -0.25) is 4.79 Å². The highest BCUT2D eigenvalue weighted by Crippen LogP contribution is 2.23. The van der Waals surface area contributed by atoms with Gasteiger partial charge in [0, 0.05) is 23.1 Å². The first-order valence-corrected chi connectivity index (χ1v) is 11.9. The number of benzene rings is 2. The number of rotatable bonds is 8. The lowest BCUT2D eigenvalue weighted by atomic mass is 10.2. The molecule has 30 heavy (non-hydrogen) atoms. The third-order valence-corrected chi connectivity index (χ3v) is 7.01. The molecule has 1 saturated carbocycles. The van der Waals surface area contributed by atoms with E-state index in [1.807, 2.05) is 35.7 Å². The summed E-state index contributed by atoms with van der Waals surface area (Å²) < 4.78 is 27.0. The number of nitrogens with zero attached hydrogens (tertiary/aromatic N) is 1. The molecular weight excluding hydrogens is 418 g/mol. The van der Waals surface area contributed by atoms with Gasteiger partial charge in [-0.25, -0.2) is 18.1 Å². The Bertz CT molecular complexity index is 1150. The van der Waals surface area contributed by atoms with Gasteiger partial charge in [-0.2, -0.15) is 0 Å². The molecule has 2 N–H and O–H groups in total. The van der Waals surface area contributed by atoms with Gasteiger partial charge in [-0.05, 0) is 36.6 Å². The van der Waals surface area contributed by atoms with Crippen LogP contribution in [0.5, 0.6) is 0 Å². The summed E-state index contributed by atoms with van der Waals surface area (Å²) >= 11 is 1.54. The van der Waals surface area contributed by atoms with E-state index in [4.69, 9.17) is 0 Å². The fraction of sp³-hybridized carbons (Fsp3) is 0.182. The first kappa shape index (κ1) is 20.5. The Kier molecular flexibility index (Phi) is 6.08. The minimum Gasteiger partial charge on any atom is -0.347 e. The summed E-state index contributed by atoms with van der Waals surface area (Å²) in [6.07, 6.45) is 4.86. The highest BCUT2D eigenvalue weighted by Gasteiger charge is 2.27. The molecule has 0 spiro atoms. The van der Waals surface area contributed by atoms with Gasteiger partial charge < -0.3 is 5.32 Å². The van der Waals surface area contributed by atoms with Crippen LogP contribution in [0, 0.1) is 0 Å². The van der Waals surface area contributed by atoms with Crippen LogP contribution in [0.4, 0.5) is 0 Å². The summed E-state index contributed by atoms with van der Waals surface area (Å²) in [7, 11) is -3.46. The molecule has 0 bridgehead atoms. The number of hydrogen-bond acceptors (Lipinski definition) is 5. The topological polar surface area (TPSA) is 88.2 Å². The third-order valence-electron chi connectivity index (χ3n) is 4.53. The van der Waals surface area contributed by atoms with Crippen LogP contribution in [0.25, 0.3) is 16.6 Å². The lowest BCUT2D eigenvalue weighted by Crippen LogP contribution is -2.25. The Balaban J connectivity index is 1.30. The molecule has 154 valence electrons. The van der Waals surface area contributed by atoms with Crippen molar-refractivity contribution in [3.05, 3.63) is 77.3 Å². The maximum absolute atomic E-state index is 12.2. The fourth-order valence-electron chi connectivity index (χ4n) is 2.76. The first-order chi connectivity index (χ1) is 14.5. The second-order valence-corrected chi connectivity index (χ2v) is 9.60. The lowest BCUT2D eigenvalue weighted by molar-refractivity contribution is -0.116. The summed E-state index contributed by atoms with van der Waals surface area (Å²) in [5.74, 6) is -0.239. The number of hydrogen-bond donors (Lipinski definition) is 2. The van der Waals surface area contributed by atoms with E-state index in [0.29, 0.717) is 6.54 Å². The third kappa shape index (κ3) is 5.41. The largest absolute Gasteiger partial charge is 0.347 e. The highest BCUT2D eigenvalue weighted by molar-refractivity contribution is 7.89. The van der Waals surface area contributed by atoms with Crippen molar-refractivity contribution in [3.8, 4) is 10.6 Å². The second kappa shape index (κ2) is 8.91. The molecule has 0 aliphatic heterocycles. The van der Waals surface area contributed by atoms with Crippen LogP contribution in [0.1, 0.15) is 24.1 Å². The molecule has 1 fully saturated rings. The zero-order valence-electron chi connectivity index (χ0n) is 16.1. The number of carbonyl (C=O) groups is 1. The van der Waals surface area contributed by atoms with Crippen molar-refractivity contribution in [2.75, 3.05) is 0 Å². The maximum Gasteiger partial charge on any atom is 0.244 e. The van der Waals surface area contributed by atoms with Crippen LogP contribution < -0.4 is 10.0 Å². The van der Waals surface area contributed by atoms with Crippen molar-refractivity contribution in [3.63, 3.8) is 0 Å². The number of aromatic nitrogens is 1. The molecule has 1 aliphatic carbocycles. The van der Waals surface area contributed by atoms with Crippen molar-refractivity contribution in [2.24, 2.45) is 0 Å². The van der Waals surface area contributed by atoms with Crippen LogP contribution in [-0.2, 0) is 21.4 Å². The van der Waals surface area contributed by atoms with Crippen LogP contribution in [0.2, 0.25) is 0 Å². The van der Waals surface area contributed by atoms with Crippen LogP contribution in [0.15, 0.2) is 70.9 Å². The summed E-state index contributed by atoms with van der Waals surface area (Å²) in [6, 6.07) is 16.4. The maximum atomic E-state index is 12.2. The van der Waals surface area contributed by atoms with E-state index in [1.165, 1.54) is 6.08 Å². The molecule has 1 aromatic heterocycles. The molecule has 3 aromatic rings. The summed E-state index contributed by atoms with van der Waals surface area (Å²) in [6.45, 7) is 0.344. The van der Waals surface area contributed by atoms with E-state index in [9.17, 15) is 13.2 Å². The number of thiazole rings is 1. The number of carbonyl (C=O) groups excluding carboxylic acids is 1. The molecule has 6 nitrogen and oxygen atoms in total. The zero-order chi connectivity index (χ0) is 21.0. The molecule has 2 aromatic carbocycles. The number of amides is 1. The quantitative estimate of drug-likeness (QED) is 0.525. The van der Waals surface area contributed by atoms with Gasteiger partial charge in [0.2, 0.25) is 15.9 Å². The fourth-order valence-corrected chi connectivity index (χ4v) is 4.89. The van der Waals surface area contributed by atoms with Gasteiger partial charge >= 0.3 is 0 Å². The molecule has 8 heteroatoms. The average molecular weight is 440 g/mol. The van der Waals surface area contributed by atoms with E-state index in [1.54, 1.807) is 41.7 Å². The summed E-state index contributed by atoms with van der Waals surface area (Å²) in [4.78, 5) is 16.9. The van der Waals surface area contributed by atoms with Gasteiger partial charge in [-0.1, -0.05) is 42.5 Å². The van der Waals surface area contributed by atoms with Crippen molar-refractivity contribution >= 4 is 33.3 Å². The van der Waals surface area contributed by atoms with E-state index < -0.39 is 10.0 Å². The molecule has 0 saturated heterocycles. The second-order valence-electron chi connectivity index (χ2n) is 7.03. The van der Waals surface area contributed by atoms with Gasteiger partial charge in [0.25, 0.3) is 0 Å². The lowest BCUT2D eigenvalue weighted by Gasteiger charge is -2.05. The number of nitrogens with one attached hydrogen (secondary N) is 2. The average Bonchev–Trinajstić information content (AvgIpc) is 3.43. The predicted molar refractivity (Wildman–Crippen MR) is 118 cm³/mol. The van der Waals surface area contributed by atoms with Gasteiger partial charge in [0.05, 0.1) is 17.1 Å². The van der Waals surface area contributed by atoms with Crippen molar-refractivity contribution < 1.29 is 13.2 Å². The SMILES string of the molecule is O=C(/C=C/c1ccc(S(=O)(=O)NC2CC2)cc1)NCc1csc(-c2ccccc2)n1. The minimum atomic E-state index is -3.46. The molecular formula is C22H21N3O3S2. The zero-order valence-corrected chi connectivity index (χ0v) is 17.7. The molecule has 1 aliphatic rings. The van der Waals surface area contributed by atoms with Crippen molar-refractivity contribution in [1.82, 2.24) is 15.0 Å². The van der Waals surface area contributed by atoms with Crippen molar-refractivity contribution in [1.29, 1.82) is 0 Å². The van der Waals surface area contributed by atoms with E-state index in [2.05, 4.69) is 15.0 Å². The Morgan fingerprint density at radius 3 is 2.53 bits per heavy atom. The van der Waals surface area contributed by atoms with Gasteiger partial charge in [0.15, 0.2) is 0 Å². The summed E-state index contributed by atoms with van der Waals surface area (Å²) in [5.41, 5.74) is 2.60. The number of sulfonamides is 1. The van der Waals surface area contributed by atoms with Gasteiger partial charge in [-0.15, -0.1) is 11.3 Å². The predicted octanol–water partition coefficient (Wildman–Crippen LogP) is 3.58. The molecule has 0 unspecified atom stereocenters. The Hall–Kier alpha value is -2.81. The van der Waals surface area contributed by atoms with Crippen LogP contribution in [0.3, 0.4) is 0 Å². The van der Waals surface area contributed by atoms with Crippen molar-refractivity contribution in [2.45, 2.75) is 30.3 Å². The van der Waals surface area contributed by atoms with E-state index in [0.717, 1.165) is 34.7 Å².